The summed E-state index contributed by atoms with van der Waals surface area (Å²) in [6.45, 7) is 6.97. The molecule has 2 heteroatoms. The quantitative estimate of drug-likeness (QED) is 0.630. The standard InChI is InChI=1S/C14H22O2/c1-13(2)9-4-5-14(3)12(13)8-11(16-14)7-10(15)6-9/h9,11-12H,4-8H2,1-3H3/t9-,11+,12+,14-/m0/s1. The molecule has 0 aromatic heterocycles. The van der Waals surface area contributed by atoms with Crippen LogP contribution in [0, 0.1) is 17.3 Å². The lowest BCUT2D eigenvalue weighted by Gasteiger charge is -2.50. The molecule has 0 radical (unpaired) electrons. The lowest BCUT2D eigenvalue weighted by Crippen LogP contribution is -2.49. The van der Waals surface area contributed by atoms with Gasteiger partial charge in [0.25, 0.3) is 0 Å². The van der Waals surface area contributed by atoms with Crippen molar-refractivity contribution in [2.75, 3.05) is 0 Å². The van der Waals surface area contributed by atoms with Crippen LogP contribution in [0.2, 0.25) is 0 Å². The fraction of sp³-hybridized carbons (Fsp3) is 0.929. The lowest BCUT2D eigenvalue weighted by molar-refractivity contribution is -0.123. The van der Waals surface area contributed by atoms with Crippen LogP contribution in [0.25, 0.3) is 0 Å². The van der Waals surface area contributed by atoms with Crippen LogP contribution in [-0.2, 0) is 9.53 Å². The van der Waals surface area contributed by atoms with Crippen molar-refractivity contribution in [3.05, 3.63) is 0 Å². The first-order valence-electron chi connectivity index (χ1n) is 6.61. The number of hydrogen-bond acceptors (Lipinski definition) is 2. The van der Waals surface area contributed by atoms with E-state index in [0.717, 1.165) is 19.3 Å². The Kier molecular flexibility index (Phi) is 2.08. The van der Waals surface area contributed by atoms with Gasteiger partial charge in [-0.3, -0.25) is 4.79 Å². The predicted molar refractivity (Wildman–Crippen MR) is 62.1 cm³/mol. The fourth-order valence-corrected chi connectivity index (χ4v) is 4.57. The van der Waals surface area contributed by atoms with Crippen molar-refractivity contribution in [2.45, 2.75) is 64.6 Å². The van der Waals surface area contributed by atoms with Crippen LogP contribution in [0.3, 0.4) is 0 Å². The molecule has 4 atom stereocenters. The van der Waals surface area contributed by atoms with E-state index in [9.17, 15) is 4.79 Å². The second-order valence-corrected chi connectivity index (χ2v) is 6.84. The summed E-state index contributed by atoms with van der Waals surface area (Å²) in [6, 6.07) is 0. The number of hydrogen-bond donors (Lipinski definition) is 0. The summed E-state index contributed by atoms with van der Waals surface area (Å²) in [5.41, 5.74) is 0.327. The smallest absolute Gasteiger partial charge is 0.135 e. The molecule has 0 aromatic rings. The molecule has 2 saturated carbocycles. The number of Topliss-reactive ketones (excluding diaryl/α,β-unsaturated/α-hetero) is 1. The molecule has 0 amide bonds. The molecular weight excluding hydrogens is 200 g/mol. The molecule has 0 N–H and O–H groups in total. The maximum atomic E-state index is 11.9. The normalized spacial score (nSPS) is 50.2. The van der Waals surface area contributed by atoms with Crippen LogP contribution in [0.15, 0.2) is 0 Å². The minimum Gasteiger partial charge on any atom is -0.371 e. The van der Waals surface area contributed by atoms with Crippen LogP contribution in [0.4, 0.5) is 0 Å². The third kappa shape index (κ3) is 1.32. The molecule has 3 rings (SSSR count). The highest BCUT2D eigenvalue weighted by atomic mass is 16.5. The maximum absolute atomic E-state index is 11.9. The molecule has 0 aromatic carbocycles. The van der Waals surface area contributed by atoms with Gasteiger partial charge in [-0.2, -0.15) is 0 Å². The number of fused-ring (bicyclic) bond motifs is 2. The predicted octanol–water partition coefficient (Wildman–Crippen LogP) is 2.95. The van der Waals surface area contributed by atoms with Gasteiger partial charge < -0.3 is 4.74 Å². The molecule has 90 valence electrons. The first-order valence-corrected chi connectivity index (χ1v) is 6.61. The Balaban J connectivity index is 2.04. The third-order valence-corrected chi connectivity index (χ3v) is 5.54. The van der Waals surface area contributed by atoms with Crippen LogP contribution < -0.4 is 0 Å². The van der Waals surface area contributed by atoms with E-state index >= 15 is 0 Å². The van der Waals surface area contributed by atoms with Crippen LogP contribution in [0.5, 0.6) is 0 Å². The van der Waals surface area contributed by atoms with E-state index in [1.54, 1.807) is 0 Å². The largest absolute Gasteiger partial charge is 0.371 e. The SMILES string of the molecule is CC1(C)[C@H]2CC[C@]3(C)O[C@H](CC(=O)C2)C[C@H]13. The first kappa shape index (κ1) is 10.8. The summed E-state index contributed by atoms with van der Waals surface area (Å²) in [6.07, 6.45) is 5.08. The Morgan fingerprint density at radius 2 is 2.00 bits per heavy atom. The number of carbonyl (C=O) groups is 1. The van der Waals surface area contributed by atoms with E-state index < -0.39 is 0 Å². The summed E-state index contributed by atoms with van der Waals surface area (Å²) < 4.78 is 6.21. The van der Waals surface area contributed by atoms with Gasteiger partial charge in [-0.1, -0.05) is 13.8 Å². The van der Waals surface area contributed by atoms with E-state index in [1.165, 1.54) is 6.42 Å². The van der Waals surface area contributed by atoms with E-state index in [-0.39, 0.29) is 17.1 Å². The van der Waals surface area contributed by atoms with E-state index in [0.29, 0.717) is 24.0 Å². The van der Waals surface area contributed by atoms with Gasteiger partial charge in [0.2, 0.25) is 0 Å². The fourth-order valence-electron chi connectivity index (χ4n) is 4.57. The second kappa shape index (κ2) is 3.10. The van der Waals surface area contributed by atoms with Crippen LogP contribution in [0.1, 0.15) is 52.9 Å². The van der Waals surface area contributed by atoms with Crippen molar-refractivity contribution in [3.63, 3.8) is 0 Å². The minimum absolute atomic E-state index is 0.0509. The Bertz CT molecular complexity index is 334. The molecule has 0 spiro atoms. The topological polar surface area (TPSA) is 26.3 Å². The molecule has 0 unspecified atom stereocenters. The summed E-state index contributed by atoms with van der Waals surface area (Å²) in [5, 5.41) is 0. The van der Waals surface area contributed by atoms with Gasteiger partial charge in [0.1, 0.15) is 5.78 Å². The minimum atomic E-state index is 0.0509. The Morgan fingerprint density at radius 3 is 2.75 bits per heavy atom. The van der Waals surface area contributed by atoms with Crippen molar-refractivity contribution in [1.29, 1.82) is 0 Å². The van der Waals surface area contributed by atoms with Crippen LogP contribution >= 0.6 is 0 Å². The Morgan fingerprint density at radius 1 is 1.25 bits per heavy atom. The molecule has 3 fully saturated rings. The molecule has 1 saturated heterocycles. The van der Waals surface area contributed by atoms with Crippen LogP contribution in [-0.4, -0.2) is 17.5 Å². The van der Waals surface area contributed by atoms with E-state index in [4.69, 9.17) is 4.74 Å². The second-order valence-electron chi connectivity index (χ2n) is 6.84. The van der Waals surface area contributed by atoms with Crippen molar-refractivity contribution < 1.29 is 9.53 Å². The summed E-state index contributed by atoms with van der Waals surface area (Å²) in [7, 11) is 0. The lowest BCUT2D eigenvalue weighted by atomic mass is 9.55. The zero-order valence-electron chi connectivity index (χ0n) is 10.6. The molecule has 1 aliphatic heterocycles. The van der Waals surface area contributed by atoms with Gasteiger partial charge in [0.15, 0.2) is 0 Å². The number of rotatable bonds is 0. The zero-order valence-corrected chi connectivity index (χ0v) is 10.6. The van der Waals surface area contributed by atoms with Gasteiger partial charge in [0, 0.05) is 12.8 Å². The van der Waals surface area contributed by atoms with E-state index in [1.807, 2.05) is 0 Å². The molecule has 3 aliphatic rings. The number of carbonyl (C=O) groups excluding carboxylic acids is 1. The number of ether oxygens (including phenoxy) is 1. The average Bonchev–Trinajstić information content (AvgIpc) is 2.52. The number of ketones is 1. The molecule has 16 heavy (non-hydrogen) atoms. The molecule has 1 heterocycles. The maximum Gasteiger partial charge on any atom is 0.135 e. The van der Waals surface area contributed by atoms with Gasteiger partial charge in [-0.25, -0.2) is 0 Å². The van der Waals surface area contributed by atoms with Crippen molar-refractivity contribution in [1.82, 2.24) is 0 Å². The Hall–Kier alpha value is -0.370. The third-order valence-electron chi connectivity index (χ3n) is 5.54. The highest BCUT2D eigenvalue weighted by Crippen LogP contribution is 2.59. The zero-order chi connectivity index (χ0) is 11.6. The van der Waals surface area contributed by atoms with E-state index in [2.05, 4.69) is 20.8 Å². The first-order chi connectivity index (χ1) is 7.42. The highest BCUT2D eigenvalue weighted by molar-refractivity contribution is 5.79. The van der Waals surface area contributed by atoms with Crippen molar-refractivity contribution >= 4 is 5.78 Å². The monoisotopic (exact) mass is 222 g/mol. The molecule has 2 nitrogen and oxygen atoms in total. The molecule has 2 aliphatic carbocycles. The van der Waals surface area contributed by atoms with Gasteiger partial charge in [0.05, 0.1) is 11.7 Å². The molecule has 3 bridgehead atoms. The van der Waals surface area contributed by atoms with Gasteiger partial charge >= 0.3 is 0 Å². The molecular formula is C14H22O2. The summed E-state index contributed by atoms with van der Waals surface area (Å²) >= 11 is 0. The summed E-state index contributed by atoms with van der Waals surface area (Å²) in [5.74, 6) is 1.66. The summed E-state index contributed by atoms with van der Waals surface area (Å²) in [4.78, 5) is 11.9. The van der Waals surface area contributed by atoms with Gasteiger partial charge in [-0.05, 0) is 43.4 Å². The van der Waals surface area contributed by atoms with Crippen molar-refractivity contribution in [3.8, 4) is 0 Å². The van der Waals surface area contributed by atoms with Gasteiger partial charge in [-0.15, -0.1) is 0 Å². The van der Waals surface area contributed by atoms with Crippen molar-refractivity contribution in [2.24, 2.45) is 17.3 Å². The highest BCUT2D eigenvalue weighted by Gasteiger charge is 2.58. The Labute approximate surface area is 97.7 Å². The average molecular weight is 222 g/mol.